The molecular formula is C22H15Cl2FN2OS. The van der Waals surface area contributed by atoms with Crippen molar-refractivity contribution in [2.24, 2.45) is 0 Å². The molecule has 0 spiro atoms. The second-order valence-electron chi connectivity index (χ2n) is 6.44. The quantitative estimate of drug-likeness (QED) is 0.387. The van der Waals surface area contributed by atoms with Gasteiger partial charge in [0.2, 0.25) is 0 Å². The first-order valence-electron chi connectivity index (χ1n) is 8.87. The Labute approximate surface area is 181 Å². The van der Waals surface area contributed by atoms with Crippen molar-refractivity contribution in [1.82, 2.24) is 10.3 Å². The number of hydrogen-bond acceptors (Lipinski definition) is 3. The summed E-state index contributed by atoms with van der Waals surface area (Å²) >= 11 is 13.6. The van der Waals surface area contributed by atoms with Crippen molar-refractivity contribution < 1.29 is 9.18 Å². The molecule has 0 fully saturated rings. The van der Waals surface area contributed by atoms with Crippen molar-refractivity contribution in [3.63, 3.8) is 0 Å². The number of hydrogen-bond donors (Lipinski definition) is 1. The Balaban J connectivity index is 1.61. The zero-order valence-corrected chi connectivity index (χ0v) is 17.4. The summed E-state index contributed by atoms with van der Waals surface area (Å²) in [5, 5.41) is 6.44. The van der Waals surface area contributed by atoms with E-state index in [-0.39, 0.29) is 5.91 Å². The molecule has 1 amide bonds. The van der Waals surface area contributed by atoms with E-state index in [2.05, 4.69) is 10.3 Å². The number of carbonyl (C=O) groups is 1. The van der Waals surface area contributed by atoms with Crippen LogP contribution in [0.4, 0.5) is 4.39 Å². The fourth-order valence-electron chi connectivity index (χ4n) is 3.07. The summed E-state index contributed by atoms with van der Waals surface area (Å²) in [6.45, 7) is 0.383. The first kappa shape index (κ1) is 19.8. The van der Waals surface area contributed by atoms with Gasteiger partial charge in [0.15, 0.2) is 0 Å². The van der Waals surface area contributed by atoms with Crippen LogP contribution in [0.15, 0.2) is 60.0 Å². The zero-order valence-electron chi connectivity index (χ0n) is 15.1. The van der Waals surface area contributed by atoms with Crippen molar-refractivity contribution in [1.29, 1.82) is 0 Å². The molecule has 29 heavy (non-hydrogen) atoms. The smallest absolute Gasteiger partial charge is 0.252 e. The van der Waals surface area contributed by atoms with Gasteiger partial charge in [-0.3, -0.25) is 4.79 Å². The van der Waals surface area contributed by atoms with Gasteiger partial charge in [-0.25, -0.2) is 9.37 Å². The molecule has 2 heterocycles. The molecule has 0 radical (unpaired) electrons. The molecule has 3 nitrogen and oxygen atoms in total. The molecule has 146 valence electrons. The zero-order chi connectivity index (χ0) is 20.4. The Kier molecular flexibility index (Phi) is 5.81. The van der Waals surface area contributed by atoms with Gasteiger partial charge in [-0.1, -0.05) is 35.3 Å². The maximum atomic E-state index is 13.8. The SMILES string of the molecule is O=C(NCCc1ccc(Cl)cc1Cl)c1cc(-c2cccs2)nc2ccc(F)cc12. The van der Waals surface area contributed by atoms with Crippen LogP contribution >= 0.6 is 34.5 Å². The lowest BCUT2D eigenvalue weighted by Crippen LogP contribution is -2.26. The minimum atomic E-state index is -0.412. The Morgan fingerprint density at radius 2 is 1.97 bits per heavy atom. The van der Waals surface area contributed by atoms with Gasteiger partial charge in [-0.2, -0.15) is 0 Å². The van der Waals surface area contributed by atoms with E-state index in [4.69, 9.17) is 23.2 Å². The molecule has 4 aromatic rings. The van der Waals surface area contributed by atoms with Crippen molar-refractivity contribution in [3.05, 3.63) is 87.0 Å². The highest BCUT2D eigenvalue weighted by atomic mass is 35.5. The summed E-state index contributed by atoms with van der Waals surface area (Å²) in [6, 6.07) is 15.1. The van der Waals surface area contributed by atoms with E-state index in [1.54, 1.807) is 24.3 Å². The molecule has 0 aliphatic carbocycles. The molecule has 0 saturated heterocycles. The summed E-state index contributed by atoms with van der Waals surface area (Å²) < 4.78 is 13.8. The van der Waals surface area contributed by atoms with Crippen LogP contribution in [-0.4, -0.2) is 17.4 Å². The molecule has 4 rings (SSSR count). The molecule has 0 aliphatic rings. The number of rotatable bonds is 5. The van der Waals surface area contributed by atoms with Gasteiger partial charge >= 0.3 is 0 Å². The van der Waals surface area contributed by atoms with Crippen molar-refractivity contribution >= 4 is 51.3 Å². The number of benzene rings is 2. The lowest BCUT2D eigenvalue weighted by molar-refractivity contribution is 0.0956. The van der Waals surface area contributed by atoms with Gasteiger partial charge in [0.05, 0.1) is 21.7 Å². The molecule has 7 heteroatoms. The number of aromatic nitrogens is 1. The molecule has 0 atom stereocenters. The van der Waals surface area contributed by atoms with Gasteiger partial charge in [0.1, 0.15) is 5.82 Å². The second kappa shape index (κ2) is 8.49. The highest BCUT2D eigenvalue weighted by Crippen LogP contribution is 2.28. The first-order chi connectivity index (χ1) is 14.0. The number of nitrogens with zero attached hydrogens (tertiary/aromatic N) is 1. The lowest BCUT2D eigenvalue weighted by atomic mass is 10.1. The maximum Gasteiger partial charge on any atom is 0.252 e. The summed E-state index contributed by atoms with van der Waals surface area (Å²) in [7, 11) is 0. The molecule has 2 aromatic heterocycles. The minimum Gasteiger partial charge on any atom is -0.352 e. The van der Waals surface area contributed by atoms with E-state index >= 15 is 0 Å². The molecule has 0 saturated carbocycles. The van der Waals surface area contributed by atoms with Crippen LogP contribution < -0.4 is 5.32 Å². The van der Waals surface area contributed by atoms with E-state index in [0.29, 0.717) is 45.2 Å². The lowest BCUT2D eigenvalue weighted by Gasteiger charge is -2.11. The minimum absolute atomic E-state index is 0.286. The largest absolute Gasteiger partial charge is 0.352 e. The molecule has 0 unspecified atom stereocenters. The Morgan fingerprint density at radius 1 is 1.10 bits per heavy atom. The van der Waals surface area contributed by atoms with Crippen molar-refractivity contribution in [2.45, 2.75) is 6.42 Å². The Hall–Kier alpha value is -2.47. The topological polar surface area (TPSA) is 42.0 Å². The van der Waals surface area contributed by atoms with Crippen LogP contribution in [0.25, 0.3) is 21.5 Å². The van der Waals surface area contributed by atoms with E-state index < -0.39 is 5.82 Å². The first-order valence-corrected chi connectivity index (χ1v) is 10.5. The number of nitrogens with one attached hydrogen (secondary N) is 1. The van der Waals surface area contributed by atoms with Crippen LogP contribution in [0.1, 0.15) is 15.9 Å². The van der Waals surface area contributed by atoms with Gasteiger partial charge in [-0.05, 0) is 59.8 Å². The molecular weight excluding hydrogens is 430 g/mol. The molecule has 0 bridgehead atoms. The number of carbonyl (C=O) groups excluding carboxylic acids is 1. The van der Waals surface area contributed by atoms with E-state index in [1.807, 2.05) is 23.6 Å². The number of fused-ring (bicyclic) bond motifs is 1. The van der Waals surface area contributed by atoms with Crippen LogP contribution in [0.2, 0.25) is 10.0 Å². The van der Waals surface area contributed by atoms with Crippen LogP contribution in [0, 0.1) is 5.82 Å². The summed E-state index contributed by atoms with van der Waals surface area (Å²) in [4.78, 5) is 18.4. The highest BCUT2D eigenvalue weighted by molar-refractivity contribution is 7.13. The number of pyridine rings is 1. The number of thiophene rings is 1. The van der Waals surface area contributed by atoms with E-state index in [1.165, 1.54) is 23.5 Å². The highest BCUT2D eigenvalue weighted by Gasteiger charge is 2.15. The third kappa shape index (κ3) is 4.42. The summed E-state index contributed by atoms with van der Waals surface area (Å²) in [5.74, 6) is -0.698. The fraction of sp³-hybridized carbons (Fsp3) is 0.0909. The standard InChI is InChI=1S/C22H15Cl2FN2OS/c23-14-4-3-13(18(24)10-14)7-8-26-22(28)17-12-20(21-2-1-9-29-21)27-19-6-5-15(25)11-16(17)19/h1-6,9-12H,7-8H2,(H,26,28). The van der Waals surface area contributed by atoms with Gasteiger partial charge in [-0.15, -0.1) is 11.3 Å². The molecule has 0 aliphatic heterocycles. The van der Waals surface area contributed by atoms with Crippen LogP contribution in [-0.2, 0) is 6.42 Å². The Morgan fingerprint density at radius 3 is 2.72 bits per heavy atom. The summed E-state index contributed by atoms with van der Waals surface area (Å²) in [6.07, 6.45) is 0.552. The van der Waals surface area contributed by atoms with E-state index in [0.717, 1.165) is 10.4 Å². The molecule has 2 aromatic carbocycles. The van der Waals surface area contributed by atoms with Gasteiger partial charge in [0, 0.05) is 22.0 Å². The average molecular weight is 445 g/mol. The summed E-state index contributed by atoms with van der Waals surface area (Å²) in [5.41, 5.74) is 2.54. The Bertz CT molecular complexity index is 1200. The van der Waals surface area contributed by atoms with Crippen molar-refractivity contribution in [2.75, 3.05) is 6.54 Å². The van der Waals surface area contributed by atoms with Gasteiger partial charge < -0.3 is 5.32 Å². The number of amides is 1. The average Bonchev–Trinajstić information content (AvgIpc) is 3.23. The van der Waals surface area contributed by atoms with E-state index in [9.17, 15) is 9.18 Å². The van der Waals surface area contributed by atoms with Crippen LogP contribution in [0.3, 0.4) is 0 Å². The third-order valence-electron chi connectivity index (χ3n) is 4.48. The third-order valence-corrected chi connectivity index (χ3v) is 5.96. The predicted octanol–water partition coefficient (Wildman–Crippen LogP) is 6.38. The monoisotopic (exact) mass is 444 g/mol. The number of halogens is 3. The van der Waals surface area contributed by atoms with Crippen LogP contribution in [0.5, 0.6) is 0 Å². The molecule has 1 N–H and O–H groups in total. The van der Waals surface area contributed by atoms with Gasteiger partial charge in [0.25, 0.3) is 5.91 Å². The predicted molar refractivity (Wildman–Crippen MR) is 118 cm³/mol. The second-order valence-corrected chi connectivity index (χ2v) is 8.23. The maximum absolute atomic E-state index is 13.8. The van der Waals surface area contributed by atoms with Crippen molar-refractivity contribution in [3.8, 4) is 10.6 Å². The normalized spacial score (nSPS) is 11.0. The fourth-order valence-corrected chi connectivity index (χ4v) is 4.26.